The maximum absolute atomic E-state index is 15.2. The van der Waals surface area contributed by atoms with Crippen molar-refractivity contribution >= 4 is 21.2 Å². The summed E-state index contributed by atoms with van der Waals surface area (Å²) < 4.78 is 47.5. The van der Waals surface area contributed by atoms with E-state index in [1.807, 2.05) is 0 Å². The second-order valence-corrected chi connectivity index (χ2v) is 9.98. The SMILES string of the molecule is COc1c(N2CCC(C(C)NS(C)(=O)=O)C2)c(F)cn2c(=O)[nH]c(=O)c(C3CC3)c12. The van der Waals surface area contributed by atoms with Gasteiger partial charge in [0.15, 0.2) is 11.6 Å². The summed E-state index contributed by atoms with van der Waals surface area (Å²) >= 11 is 0. The normalized spacial score (nSPS) is 20.7. The van der Waals surface area contributed by atoms with Gasteiger partial charge in [-0.2, -0.15) is 0 Å². The Balaban J connectivity index is 1.80. The molecule has 2 fully saturated rings. The highest BCUT2D eigenvalue weighted by atomic mass is 32.2. The number of nitrogens with one attached hydrogen (secondary N) is 2. The molecule has 1 aliphatic carbocycles. The summed E-state index contributed by atoms with van der Waals surface area (Å²) in [7, 11) is -1.96. The Bertz CT molecular complexity index is 1220. The Hall–Kier alpha value is -2.40. The third-order valence-corrected chi connectivity index (χ3v) is 6.72. The van der Waals surface area contributed by atoms with E-state index in [4.69, 9.17) is 4.74 Å². The summed E-state index contributed by atoms with van der Waals surface area (Å²) in [5, 5.41) is 0. The topological polar surface area (TPSA) is 113 Å². The number of aromatic nitrogens is 2. The van der Waals surface area contributed by atoms with Gasteiger partial charge in [-0.3, -0.25) is 14.2 Å². The average Bonchev–Trinajstić information content (AvgIpc) is 3.35. The second-order valence-electron chi connectivity index (χ2n) is 8.20. The Morgan fingerprint density at radius 2 is 2.00 bits per heavy atom. The minimum absolute atomic E-state index is 0.0156. The molecule has 0 radical (unpaired) electrons. The van der Waals surface area contributed by atoms with Crippen LogP contribution in [-0.4, -0.2) is 50.3 Å². The number of halogens is 1. The van der Waals surface area contributed by atoms with E-state index in [2.05, 4.69) is 9.71 Å². The van der Waals surface area contributed by atoms with Crippen molar-refractivity contribution in [1.82, 2.24) is 14.1 Å². The fourth-order valence-electron chi connectivity index (χ4n) is 4.38. The van der Waals surface area contributed by atoms with E-state index in [0.29, 0.717) is 30.6 Å². The highest BCUT2D eigenvalue weighted by molar-refractivity contribution is 7.88. The van der Waals surface area contributed by atoms with Crippen LogP contribution < -0.4 is 25.6 Å². The summed E-state index contributed by atoms with van der Waals surface area (Å²) in [6.07, 6.45) is 4.51. The summed E-state index contributed by atoms with van der Waals surface area (Å²) in [6, 6.07) is -0.313. The van der Waals surface area contributed by atoms with E-state index in [-0.39, 0.29) is 29.3 Å². The Kier molecular flexibility index (Phi) is 5.13. The maximum atomic E-state index is 15.2. The summed E-state index contributed by atoms with van der Waals surface area (Å²) in [4.78, 5) is 28.9. The minimum atomic E-state index is -3.35. The lowest BCUT2D eigenvalue weighted by Crippen LogP contribution is -2.38. The van der Waals surface area contributed by atoms with Crippen molar-refractivity contribution in [2.75, 3.05) is 31.4 Å². The predicted molar refractivity (Wildman–Crippen MR) is 111 cm³/mol. The van der Waals surface area contributed by atoms with Crippen LogP contribution >= 0.6 is 0 Å². The number of nitrogens with zero attached hydrogens (tertiary/aromatic N) is 2. The molecule has 0 spiro atoms. The molecule has 0 bridgehead atoms. The molecule has 0 aromatic carbocycles. The van der Waals surface area contributed by atoms with Crippen molar-refractivity contribution in [1.29, 1.82) is 0 Å². The molecule has 9 nitrogen and oxygen atoms in total. The van der Waals surface area contributed by atoms with Gasteiger partial charge in [-0.15, -0.1) is 0 Å². The molecule has 1 saturated carbocycles. The van der Waals surface area contributed by atoms with Gasteiger partial charge in [0.2, 0.25) is 10.0 Å². The Morgan fingerprint density at radius 1 is 1.30 bits per heavy atom. The first kappa shape index (κ1) is 20.9. The first-order valence-corrected chi connectivity index (χ1v) is 11.8. The molecule has 2 unspecified atom stereocenters. The van der Waals surface area contributed by atoms with Crippen molar-refractivity contribution < 1.29 is 17.5 Å². The number of rotatable bonds is 6. The molecule has 2 aliphatic rings. The van der Waals surface area contributed by atoms with Gasteiger partial charge in [-0.1, -0.05) is 0 Å². The van der Waals surface area contributed by atoms with Gasteiger partial charge in [0.25, 0.3) is 5.56 Å². The zero-order valence-electron chi connectivity index (χ0n) is 17.1. The van der Waals surface area contributed by atoms with Crippen LogP contribution in [0.15, 0.2) is 15.8 Å². The first-order chi connectivity index (χ1) is 14.1. The molecule has 2 aromatic rings. The largest absolute Gasteiger partial charge is 0.492 e. The lowest BCUT2D eigenvalue weighted by molar-refractivity contribution is 0.411. The van der Waals surface area contributed by atoms with Gasteiger partial charge < -0.3 is 9.64 Å². The number of anilines is 1. The summed E-state index contributed by atoms with van der Waals surface area (Å²) in [5.41, 5.74) is -0.248. The number of aromatic amines is 1. The molecular weight excluding hydrogens is 415 g/mol. The number of H-pyrrole nitrogens is 1. The predicted octanol–water partition coefficient (Wildman–Crippen LogP) is 0.777. The van der Waals surface area contributed by atoms with Gasteiger partial charge in [-0.25, -0.2) is 22.3 Å². The molecule has 2 N–H and O–H groups in total. The van der Waals surface area contributed by atoms with Gasteiger partial charge in [0.05, 0.1) is 19.6 Å². The fourth-order valence-corrected chi connectivity index (χ4v) is 5.25. The van der Waals surface area contributed by atoms with Gasteiger partial charge in [0.1, 0.15) is 11.2 Å². The third-order valence-electron chi connectivity index (χ3n) is 5.92. The molecule has 30 heavy (non-hydrogen) atoms. The zero-order chi connectivity index (χ0) is 21.8. The molecule has 2 atom stereocenters. The van der Waals surface area contributed by atoms with Gasteiger partial charge in [0, 0.05) is 24.7 Å². The lowest BCUT2D eigenvalue weighted by atomic mass is 10.0. The number of methoxy groups -OCH3 is 1. The van der Waals surface area contributed by atoms with Crippen molar-refractivity contribution in [3.8, 4) is 5.75 Å². The van der Waals surface area contributed by atoms with E-state index in [0.717, 1.165) is 29.7 Å². The molecule has 0 amide bonds. The zero-order valence-corrected chi connectivity index (χ0v) is 17.9. The van der Waals surface area contributed by atoms with Crippen molar-refractivity contribution in [3.63, 3.8) is 0 Å². The highest BCUT2D eigenvalue weighted by Crippen LogP contribution is 2.45. The maximum Gasteiger partial charge on any atom is 0.333 e. The fraction of sp³-hybridized carbons (Fsp3) is 0.579. The second kappa shape index (κ2) is 7.38. The van der Waals surface area contributed by atoms with Crippen LogP contribution in [0.4, 0.5) is 10.1 Å². The highest BCUT2D eigenvalue weighted by Gasteiger charge is 2.35. The molecule has 2 aromatic heterocycles. The van der Waals surface area contributed by atoms with E-state index in [1.54, 1.807) is 11.8 Å². The van der Waals surface area contributed by atoms with Crippen LogP contribution in [-0.2, 0) is 10.0 Å². The van der Waals surface area contributed by atoms with Gasteiger partial charge in [-0.05, 0) is 38.0 Å². The van der Waals surface area contributed by atoms with E-state index in [9.17, 15) is 18.0 Å². The summed E-state index contributed by atoms with van der Waals surface area (Å²) in [6.45, 7) is 2.70. The minimum Gasteiger partial charge on any atom is -0.492 e. The molecule has 4 rings (SSSR count). The van der Waals surface area contributed by atoms with Crippen LogP contribution in [0.2, 0.25) is 0 Å². The molecule has 11 heteroatoms. The smallest absolute Gasteiger partial charge is 0.333 e. The lowest BCUT2D eigenvalue weighted by Gasteiger charge is -2.25. The molecule has 3 heterocycles. The number of ether oxygens (including phenoxy) is 1. The van der Waals surface area contributed by atoms with Crippen LogP contribution in [0, 0.1) is 11.7 Å². The van der Waals surface area contributed by atoms with Crippen LogP contribution in [0.1, 0.15) is 37.7 Å². The number of hydrogen-bond acceptors (Lipinski definition) is 6. The van der Waals surface area contributed by atoms with Crippen LogP contribution in [0.25, 0.3) is 5.52 Å². The van der Waals surface area contributed by atoms with Crippen LogP contribution in [0.5, 0.6) is 5.75 Å². The monoisotopic (exact) mass is 440 g/mol. The summed E-state index contributed by atoms with van der Waals surface area (Å²) in [5.74, 6) is -0.490. The Morgan fingerprint density at radius 3 is 2.60 bits per heavy atom. The van der Waals surface area contributed by atoms with E-state index >= 15 is 4.39 Å². The number of pyridine rings is 1. The van der Waals surface area contributed by atoms with Crippen LogP contribution in [0.3, 0.4) is 0 Å². The van der Waals surface area contributed by atoms with Crippen molar-refractivity contribution in [3.05, 3.63) is 38.4 Å². The molecular formula is C19H25FN4O5S. The number of sulfonamides is 1. The number of hydrogen-bond donors (Lipinski definition) is 2. The molecule has 1 saturated heterocycles. The molecule has 1 aliphatic heterocycles. The van der Waals surface area contributed by atoms with Crippen molar-refractivity contribution in [2.24, 2.45) is 5.92 Å². The molecule has 164 valence electrons. The first-order valence-electron chi connectivity index (χ1n) is 9.88. The van der Waals surface area contributed by atoms with E-state index in [1.165, 1.54) is 7.11 Å². The average molecular weight is 440 g/mol. The Labute approximate surface area is 172 Å². The standard InChI is InChI=1S/C19H25FN4O5S/c1-10(22-30(3,27)28)12-6-7-23(8-12)15-13(20)9-24-16(17(15)29-2)14(11-4-5-11)18(25)21-19(24)26/h9-12,22H,4-8H2,1-3H3,(H,21,25,26). The van der Waals surface area contributed by atoms with E-state index < -0.39 is 27.1 Å². The number of fused-ring (bicyclic) bond motifs is 1. The third kappa shape index (κ3) is 3.71. The quantitative estimate of drug-likeness (QED) is 0.686. The van der Waals surface area contributed by atoms with Crippen molar-refractivity contribution in [2.45, 2.75) is 38.1 Å². The van der Waals surface area contributed by atoms with Gasteiger partial charge >= 0.3 is 5.69 Å².